The molecule has 0 bridgehead atoms. The Balaban J connectivity index is 2.38. The summed E-state index contributed by atoms with van der Waals surface area (Å²) in [5.41, 5.74) is 8.28. The van der Waals surface area contributed by atoms with Gasteiger partial charge in [-0.15, -0.1) is 11.3 Å². The van der Waals surface area contributed by atoms with Crippen molar-refractivity contribution in [1.82, 2.24) is 20.2 Å². The molecule has 0 spiro atoms. The van der Waals surface area contributed by atoms with Crippen LogP contribution < -0.4 is 5.73 Å². The molecular formula is C10H9N5S. The maximum absolute atomic E-state index is 5.67. The number of fused-ring (bicyclic) bond motifs is 1. The number of nitrogens with two attached hydrogens (primary N) is 1. The minimum absolute atomic E-state index is 0.261. The highest BCUT2D eigenvalue weighted by atomic mass is 32.1. The van der Waals surface area contributed by atoms with Crippen LogP contribution >= 0.6 is 11.3 Å². The van der Waals surface area contributed by atoms with Crippen molar-refractivity contribution in [2.45, 2.75) is 6.92 Å². The summed E-state index contributed by atoms with van der Waals surface area (Å²) in [6.45, 7) is 2.06. The topological polar surface area (TPSA) is 80.5 Å². The lowest BCUT2D eigenvalue weighted by Gasteiger charge is -2.02. The Bertz CT molecular complexity index is 654. The summed E-state index contributed by atoms with van der Waals surface area (Å²) in [5, 5.41) is 9.70. The van der Waals surface area contributed by atoms with Crippen LogP contribution in [-0.4, -0.2) is 20.2 Å². The highest BCUT2D eigenvalue weighted by Crippen LogP contribution is 2.30. The maximum atomic E-state index is 5.67. The second-order valence-corrected chi connectivity index (χ2v) is 4.57. The highest BCUT2D eigenvalue weighted by molar-refractivity contribution is 7.10. The second-order valence-electron chi connectivity index (χ2n) is 3.45. The SMILES string of the molecule is Cc1sccc1-c1nc(N)nc2[nH]ncc12. The fourth-order valence-corrected chi connectivity index (χ4v) is 2.39. The van der Waals surface area contributed by atoms with Gasteiger partial charge in [-0.05, 0) is 18.4 Å². The molecule has 0 fully saturated rings. The van der Waals surface area contributed by atoms with E-state index in [1.165, 1.54) is 4.88 Å². The first-order valence-electron chi connectivity index (χ1n) is 4.77. The molecule has 80 valence electrons. The number of thiophene rings is 1. The van der Waals surface area contributed by atoms with Gasteiger partial charge in [-0.2, -0.15) is 10.1 Å². The van der Waals surface area contributed by atoms with Crippen molar-refractivity contribution >= 4 is 28.3 Å². The minimum atomic E-state index is 0.261. The number of anilines is 1. The lowest BCUT2D eigenvalue weighted by atomic mass is 10.1. The molecule has 3 aromatic heterocycles. The third-order valence-corrected chi connectivity index (χ3v) is 3.29. The van der Waals surface area contributed by atoms with Crippen molar-refractivity contribution in [2.75, 3.05) is 5.73 Å². The summed E-state index contributed by atoms with van der Waals surface area (Å²) >= 11 is 1.68. The molecule has 0 aliphatic heterocycles. The van der Waals surface area contributed by atoms with E-state index in [0.717, 1.165) is 16.6 Å². The van der Waals surface area contributed by atoms with Crippen LogP contribution in [0.1, 0.15) is 4.88 Å². The van der Waals surface area contributed by atoms with Gasteiger partial charge in [-0.25, -0.2) is 4.98 Å². The van der Waals surface area contributed by atoms with Gasteiger partial charge in [0.1, 0.15) is 0 Å². The molecule has 0 aliphatic rings. The average Bonchev–Trinajstić information content (AvgIpc) is 2.84. The summed E-state index contributed by atoms with van der Waals surface area (Å²) in [4.78, 5) is 9.59. The molecule has 0 aliphatic carbocycles. The standard InChI is InChI=1S/C10H9N5S/c1-5-6(2-3-16-5)8-7-4-12-15-9(7)14-10(11)13-8/h2-4H,1H3,(H3,11,12,13,14,15). The average molecular weight is 231 g/mol. The molecule has 0 atom stereocenters. The molecule has 3 aromatic rings. The first kappa shape index (κ1) is 9.29. The minimum Gasteiger partial charge on any atom is -0.368 e. The lowest BCUT2D eigenvalue weighted by molar-refractivity contribution is 1.09. The zero-order valence-corrected chi connectivity index (χ0v) is 9.38. The molecule has 0 unspecified atom stereocenters. The fourth-order valence-electron chi connectivity index (χ4n) is 1.69. The molecule has 5 nitrogen and oxygen atoms in total. The predicted octanol–water partition coefficient (Wildman–Crippen LogP) is 1.97. The number of aryl methyl sites for hydroxylation is 1. The Morgan fingerprint density at radius 1 is 1.38 bits per heavy atom. The van der Waals surface area contributed by atoms with Gasteiger partial charge < -0.3 is 5.73 Å². The number of hydrogen-bond donors (Lipinski definition) is 2. The number of H-pyrrole nitrogens is 1. The third-order valence-electron chi connectivity index (χ3n) is 2.44. The van der Waals surface area contributed by atoms with Crippen molar-refractivity contribution in [2.24, 2.45) is 0 Å². The quantitative estimate of drug-likeness (QED) is 0.671. The smallest absolute Gasteiger partial charge is 0.222 e. The van der Waals surface area contributed by atoms with E-state index in [1.807, 2.05) is 11.4 Å². The number of aromatic nitrogens is 4. The first-order valence-corrected chi connectivity index (χ1v) is 5.65. The van der Waals surface area contributed by atoms with E-state index >= 15 is 0 Å². The molecule has 3 rings (SSSR count). The molecule has 0 amide bonds. The second kappa shape index (κ2) is 3.28. The largest absolute Gasteiger partial charge is 0.368 e. The van der Waals surface area contributed by atoms with Crippen molar-refractivity contribution < 1.29 is 0 Å². The van der Waals surface area contributed by atoms with Gasteiger partial charge in [0, 0.05) is 10.4 Å². The summed E-state index contributed by atoms with van der Waals surface area (Å²) in [6, 6.07) is 2.04. The molecule has 3 N–H and O–H groups in total. The molecule has 3 heterocycles. The van der Waals surface area contributed by atoms with Crippen LogP contribution in [0.5, 0.6) is 0 Å². The Labute approximate surface area is 95.4 Å². The number of nitrogen functional groups attached to an aromatic ring is 1. The molecule has 0 aromatic carbocycles. The van der Waals surface area contributed by atoms with Gasteiger partial charge in [0.25, 0.3) is 0 Å². The van der Waals surface area contributed by atoms with Crippen LogP contribution in [0.3, 0.4) is 0 Å². The summed E-state index contributed by atoms with van der Waals surface area (Å²) < 4.78 is 0. The van der Waals surface area contributed by atoms with E-state index in [2.05, 4.69) is 27.1 Å². The number of nitrogens with zero attached hydrogens (tertiary/aromatic N) is 3. The van der Waals surface area contributed by atoms with E-state index in [4.69, 9.17) is 5.73 Å². The fraction of sp³-hybridized carbons (Fsp3) is 0.100. The number of hydrogen-bond acceptors (Lipinski definition) is 5. The van der Waals surface area contributed by atoms with Crippen molar-refractivity contribution in [3.63, 3.8) is 0 Å². The van der Waals surface area contributed by atoms with E-state index in [1.54, 1.807) is 17.5 Å². The molecule has 16 heavy (non-hydrogen) atoms. The monoisotopic (exact) mass is 231 g/mol. The number of nitrogens with one attached hydrogen (secondary N) is 1. The molecule has 0 saturated heterocycles. The van der Waals surface area contributed by atoms with Crippen LogP contribution in [-0.2, 0) is 0 Å². The maximum Gasteiger partial charge on any atom is 0.222 e. The zero-order valence-electron chi connectivity index (χ0n) is 8.56. The third kappa shape index (κ3) is 1.27. The van der Waals surface area contributed by atoms with Crippen molar-refractivity contribution in [1.29, 1.82) is 0 Å². The Morgan fingerprint density at radius 2 is 2.25 bits per heavy atom. The van der Waals surface area contributed by atoms with Crippen molar-refractivity contribution in [3.8, 4) is 11.3 Å². The van der Waals surface area contributed by atoms with Gasteiger partial charge in [-0.3, -0.25) is 5.10 Å². The van der Waals surface area contributed by atoms with Crippen LogP contribution in [0.4, 0.5) is 5.95 Å². The van der Waals surface area contributed by atoms with Crippen LogP contribution in [0.2, 0.25) is 0 Å². The van der Waals surface area contributed by atoms with Crippen LogP contribution in [0.25, 0.3) is 22.3 Å². The van der Waals surface area contributed by atoms with Gasteiger partial charge in [0.05, 0.1) is 17.3 Å². The molecule has 0 radical (unpaired) electrons. The molecule has 0 saturated carbocycles. The zero-order chi connectivity index (χ0) is 11.1. The van der Waals surface area contributed by atoms with E-state index in [9.17, 15) is 0 Å². The summed E-state index contributed by atoms with van der Waals surface area (Å²) in [6.07, 6.45) is 1.72. The normalized spacial score (nSPS) is 11.1. The van der Waals surface area contributed by atoms with Gasteiger partial charge in [0.2, 0.25) is 5.95 Å². The highest BCUT2D eigenvalue weighted by Gasteiger charge is 2.12. The van der Waals surface area contributed by atoms with Gasteiger partial charge in [-0.1, -0.05) is 0 Å². The van der Waals surface area contributed by atoms with Crippen LogP contribution in [0.15, 0.2) is 17.6 Å². The van der Waals surface area contributed by atoms with Gasteiger partial charge in [0.15, 0.2) is 5.65 Å². The molecular weight excluding hydrogens is 222 g/mol. The Kier molecular flexibility index (Phi) is 1.90. The van der Waals surface area contributed by atoms with E-state index in [0.29, 0.717) is 5.65 Å². The van der Waals surface area contributed by atoms with E-state index in [-0.39, 0.29) is 5.95 Å². The van der Waals surface area contributed by atoms with E-state index < -0.39 is 0 Å². The van der Waals surface area contributed by atoms with Crippen molar-refractivity contribution in [3.05, 3.63) is 22.5 Å². The lowest BCUT2D eigenvalue weighted by Crippen LogP contribution is -1.97. The Hall–Kier alpha value is -1.95. The molecule has 6 heteroatoms. The number of rotatable bonds is 1. The summed E-state index contributed by atoms with van der Waals surface area (Å²) in [5.74, 6) is 0.261. The number of aromatic amines is 1. The predicted molar refractivity (Wildman–Crippen MR) is 64.1 cm³/mol. The summed E-state index contributed by atoms with van der Waals surface area (Å²) in [7, 11) is 0. The van der Waals surface area contributed by atoms with Crippen LogP contribution in [0, 0.1) is 6.92 Å². The van der Waals surface area contributed by atoms with Gasteiger partial charge >= 0.3 is 0 Å². The Morgan fingerprint density at radius 3 is 3.00 bits per heavy atom. The first-order chi connectivity index (χ1) is 7.75.